The Labute approximate surface area is 68.7 Å². The maximum Gasteiger partial charge on any atom is 0.184 e. The van der Waals surface area contributed by atoms with Crippen LogP contribution in [0.1, 0.15) is 11.3 Å². The second kappa shape index (κ2) is 1.86. The van der Waals surface area contributed by atoms with Crippen LogP contribution in [0.4, 0.5) is 0 Å². The molecule has 0 aromatic carbocycles. The van der Waals surface area contributed by atoms with E-state index in [0.717, 1.165) is 12.8 Å². The molecular weight excluding hydrogens is 160 g/mol. The Hall–Kier alpha value is -0.380. The Morgan fingerprint density at radius 3 is 2.91 bits per heavy atom. The molecule has 0 spiro atoms. The summed E-state index contributed by atoms with van der Waals surface area (Å²) in [5, 5.41) is 2.08. The van der Waals surface area contributed by atoms with Crippen LogP contribution in [0.2, 0.25) is 0 Å². The van der Waals surface area contributed by atoms with E-state index in [2.05, 4.69) is 17.5 Å². The zero-order valence-electron chi connectivity index (χ0n) is 5.95. The molecule has 3 fully saturated rings. The zero-order valence-corrected chi connectivity index (χ0v) is 6.76. The lowest BCUT2D eigenvalue weighted by Gasteiger charge is -2.59. The highest BCUT2D eigenvalue weighted by atomic mass is 32.1. The highest BCUT2D eigenvalue weighted by Crippen LogP contribution is 2.50. The molecule has 1 aromatic rings. The van der Waals surface area contributed by atoms with Crippen LogP contribution in [-0.2, 0) is 15.9 Å². The van der Waals surface area contributed by atoms with Gasteiger partial charge in [0, 0.05) is 11.3 Å². The molecule has 0 aliphatic carbocycles. The average Bonchev–Trinajstić information content (AvgIpc) is 2.26. The van der Waals surface area contributed by atoms with Gasteiger partial charge in [-0.3, -0.25) is 0 Å². The normalized spacial score (nSPS) is 39.5. The summed E-state index contributed by atoms with van der Waals surface area (Å²) in [7, 11) is 0. The summed E-state index contributed by atoms with van der Waals surface area (Å²) in [4.78, 5) is 1.35. The molecule has 0 atom stereocenters. The molecule has 0 amide bonds. The molecule has 3 aliphatic rings. The third-order valence-electron chi connectivity index (χ3n) is 2.19. The first-order valence-electron chi connectivity index (χ1n) is 3.74. The van der Waals surface area contributed by atoms with Crippen LogP contribution < -0.4 is 0 Å². The van der Waals surface area contributed by atoms with Crippen molar-refractivity contribution >= 4 is 11.3 Å². The lowest BCUT2D eigenvalue weighted by atomic mass is 9.96. The van der Waals surface area contributed by atoms with E-state index in [1.165, 1.54) is 4.88 Å². The van der Waals surface area contributed by atoms with E-state index in [1.54, 1.807) is 11.3 Å². The van der Waals surface area contributed by atoms with E-state index in [4.69, 9.17) is 9.47 Å². The van der Waals surface area contributed by atoms with Crippen molar-refractivity contribution in [2.24, 2.45) is 0 Å². The molecular formula is C8H8O2S. The van der Waals surface area contributed by atoms with E-state index < -0.39 is 0 Å². The molecule has 0 radical (unpaired) electrons. The van der Waals surface area contributed by atoms with Gasteiger partial charge >= 0.3 is 0 Å². The number of rotatable bonds is 2. The fraction of sp³-hybridized carbons (Fsp3) is 0.500. The van der Waals surface area contributed by atoms with E-state index in [-0.39, 0.29) is 12.1 Å². The zero-order chi connectivity index (χ0) is 7.31. The monoisotopic (exact) mass is 168 g/mol. The first kappa shape index (κ1) is 6.17. The minimum atomic E-state index is -0.199. The predicted molar refractivity (Wildman–Crippen MR) is 41.3 cm³/mol. The topological polar surface area (TPSA) is 18.5 Å². The molecule has 3 aliphatic heterocycles. The highest BCUT2D eigenvalue weighted by molar-refractivity contribution is 7.09. The van der Waals surface area contributed by atoms with Gasteiger partial charge in [-0.2, -0.15) is 0 Å². The Bertz CT molecular complexity index is 251. The van der Waals surface area contributed by atoms with Gasteiger partial charge in [-0.25, -0.2) is 0 Å². The molecule has 4 rings (SSSR count). The molecule has 0 unspecified atom stereocenters. The first-order chi connectivity index (χ1) is 5.36. The van der Waals surface area contributed by atoms with Gasteiger partial charge in [0.1, 0.15) is 0 Å². The van der Waals surface area contributed by atoms with Gasteiger partial charge in [-0.1, -0.05) is 6.07 Å². The van der Waals surface area contributed by atoms with Gasteiger partial charge in [0.15, 0.2) is 12.1 Å². The van der Waals surface area contributed by atoms with Crippen LogP contribution >= 0.6 is 11.3 Å². The quantitative estimate of drug-likeness (QED) is 0.670. The molecule has 1 aromatic heterocycles. The number of ether oxygens (including phenoxy) is 2. The SMILES string of the molecule is c1csc(CC23CC(O2)O3)c1. The van der Waals surface area contributed by atoms with Crippen molar-refractivity contribution in [3.8, 4) is 0 Å². The molecule has 2 nitrogen and oxygen atoms in total. The van der Waals surface area contributed by atoms with Crippen LogP contribution in [-0.4, -0.2) is 12.1 Å². The maximum absolute atomic E-state index is 5.37. The van der Waals surface area contributed by atoms with Crippen molar-refractivity contribution in [3.63, 3.8) is 0 Å². The lowest BCUT2D eigenvalue weighted by molar-refractivity contribution is -0.552. The second-order valence-electron chi connectivity index (χ2n) is 3.04. The lowest BCUT2D eigenvalue weighted by Crippen LogP contribution is -2.69. The van der Waals surface area contributed by atoms with Crippen molar-refractivity contribution in [1.82, 2.24) is 0 Å². The largest absolute Gasteiger partial charge is 0.320 e. The van der Waals surface area contributed by atoms with Gasteiger partial charge in [-0.15, -0.1) is 11.3 Å². The van der Waals surface area contributed by atoms with Crippen LogP contribution in [0.5, 0.6) is 0 Å². The maximum atomic E-state index is 5.37. The van der Waals surface area contributed by atoms with E-state index in [9.17, 15) is 0 Å². The van der Waals surface area contributed by atoms with E-state index >= 15 is 0 Å². The summed E-state index contributed by atoms with van der Waals surface area (Å²) in [6.45, 7) is 0. The molecule has 3 saturated heterocycles. The fourth-order valence-electron chi connectivity index (χ4n) is 1.56. The Kier molecular flexibility index (Phi) is 1.04. The molecule has 0 saturated carbocycles. The third-order valence-corrected chi connectivity index (χ3v) is 3.07. The van der Waals surface area contributed by atoms with Gasteiger partial charge in [-0.05, 0) is 11.4 Å². The third kappa shape index (κ3) is 0.788. The molecule has 0 N–H and O–H groups in total. The van der Waals surface area contributed by atoms with Crippen molar-refractivity contribution in [3.05, 3.63) is 22.4 Å². The minimum Gasteiger partial charge on any atom is -0.320 e. The highest BCUT2D eigenvalue weighted by Gasteiger charge is 2.60. The van der Waals surface area contributed by atoms with Gasteiger partial charge in [0.05, 0.1) is 6.42 Å². The summed E-state index contributed by atoms with van der Waals surface area (Å²) in [6.07, 6.45) is 2.15. The number of hydrogen-bond acceptors (Lipinski definition) is 3. The summed E-state index contributed by atoms with van der Waals surface area (Å²) in [6, 6.07) is 4.18. The predicted octanol–water partition coefficient (Wildman–Crippen LogP) is 1.76. The van der Waals surface area contributed by atoms with Crippen molar-refractivity contribution in [1.29, 1.82) is 0 Å². The Morgan fingerprint density at radius 2 is 2.45 bits per heavy atom. The van der Waals surface area contributed by atoms with Crippen molar-refractivity contribution in [2.45, 2.75) is 24.9 Å². The van der Waals surface area contributed by atoms with Gasteiger partial charge in [0.2, 0.25) is 0 Å². The smallest absolute Gasteiger partial charge is 0.184 e. The molecule has 4 heterocycles. The van der Waals surface area contributed by atoms with E-state index in [1.807, 2.05) is 0 Å². The molecule has 2 bridgehead atoms. The molecule has 3 heteroatoms. The van der Waals surface area contributed by atoms with Gasteiger partial charge < -0.3 is 9.47 Å². The number of hydrogen-bond donors (Lipinski definition) is 0. The van der Waals surface area contributed by atoms with Crippen molar-refractivity contribution in [2.75, 3.05) is 0 Å². The summed E-state index contributed by atoms with van der Waals surface area (Å²) < 4.78 is 10.7. The Morgan fingerprint density at radius 1 is 1.64 bits per heavy atom. The minimum absolute atomic E-state index is 0.134. The average molecular weight is 168 g/mol. The van der Waals surface area contributed by atoms with Gasteiger partial charge in [0.25, 0.3) is 0 Å². The van der Waals surface area contributed by atoms with Crippen LogP contribution in [0.15, 0.2) is 17.5 Å². The second-order valence-corrected chi connectivity index (χ2v) is 4.07. The van der Waals surface area contributed by atoms with Crippen molar-refractivity contribution < 1.29 is 9.47 Å². The standard InChI is InChI=1S/C8H8O2S/c1-2-6(11-3-1)4-8-5-7(9-8)10-8/h1-3,7H,4-5H2. The summed E-state index contributed by atoms with van der Waals surface area (Å²) in [5.41, 5.74) is 0. The first-order valence-corrected chi connectivity index (χ1v) is 4.62. The summed E-state index contributed by atoms with van der Waals surface area (Å²) >= 11 is 1.76. The number of thiophene rings is 1. The fourth-order valence-corrected chi connectivity index (χ4v) is 2.35. The Balaban J connectivity index is 1.75. The van der Waals surface area contributed by atoms with E-state index in [0.29, 0.717) is 0 Å². The molecule has 58 valence electrons. The van der Waals surface area contributed by atoms with Crippen LogP contribution in [0, 0.1) is 0 Å². The van der Waals surface area contributed by atoms with Crippen LogP contribution in [0.3, 0.4) is 0 Å². The van der Waals surface area contributed by atoms with Crippen LogP contribution in [0.25, 0.3) is 0 Å². The molecule has 11 heavy (non-hydrogen) atoms. The summed E-state index contributed by atoms with van der Waals surface area (Å²) in [5.74, 6) is -0.199.